The molecule has 0 aliphatic carbocycles. The van der Waals surface area contributed by atoms with Crippen LogP contribution < -0.4 is 21.3 Å². The smallest absolute Gasteiger partial charge is 0.0728 e. The van der Waals surface area contributed by atoms with Crippen LogP contribution >= 0.6 is 0 Å². The van der Waals surface area contributed by atoms with Crippen molar-refractivity contribution in [1.29, 1.82) is 0 Å². The number of nitrogens with one attached hydrogen (secondary N) is 4. The molecule has 3 aliphatic rings. The molecule has 0 amide bonds. The van der Waals surface area contributed by atoms with Crippen molar-refractivity contribution in [2.75, 3.05) is 0 Å². The molecule has 2 aromatic heterocycles. The van der Waals surface area contributed by atoms with E-state index < -0.39 is 0 Å². The molecule has 0 radical (unpaired) electrons. The maximum absolute atomic E-state index is 4.14. The molecule has 3 aliphatic heterocycles. The summed E-state index contributed by atoms with van der Waals surface area (Å²) in [6, 6.07) is 18.4. The molecule has 5 heterocycles. The number of fused-ring (bicyclic) bond motifs is 8. The Morgan fingerprint density at radius 3 is 1.81 bits per heavy atom. The number of hydrogen-bond donors (Lipinski definition) is 4. The zero-order chi connectivity index (χ0) is 44.7. The Labute approximate surface area is 372 Å². The van der Waals surface area contributed by atoms with Gasteiger partial charge in [-0.15, -0.1) is 0 Å². The maximum atomic E-state index is 4.14. The van der Waals surface area contributed by atoms with Gasteiger partial charge in [0, 0.05) is 61.7 Å². The van der Waals surface area contributed by atoms with Crippen LogP contribution in [0.25, 0.3) is 22.3 Å². The van der Waals surface area contributed by atoms with E-state index in [1.165, 1.54) is 94.7 Å². The van der Waals surface area contributed by atoms with E-state index in [1.54, 1.807) is 0 Å². The van der Waals surface area contributed by atoms with Crippen LogP contribution in [0.1, 0.15) is 125 Å². The van der Waals surface area contributed by atoms with Gasteiger partial charge in [-0.3, -0.25) is 0 Å². The van der Waals surface area contributed by atoms with Gasteiger partial charge in [0.1, 0.15) is 0 Å². The second-order valence-electron chi connectivity index (χ2n) is 19.3. The highest BCUT2D eigenvalue weighted by molar-refractivity contribution is 5.88. The first-order chi connectivity index (χ1) is 29.4. The van der Waals surface area contributed by atoms with Crippen LogP contribution in [-0.4, -0.2) is 22.1 Å². The Balaban J connectivity index is 1.61. The summed E-state index contributed by atoms with van der Waals surface area (Å²) in [6.07, 6.45) is 17.5. The van der Waals surface area contributed by atoms with Crippen LogP contribution in [0, 0.1) is 53.4 Å². The van der Waals surface area contributed by atoms with Crippen molar-refractivity contribution in [3.8, 4) is 0 Å². The number of aromatic amines is 2. The first kappa shape index (κ1) is 44.3. The van der Waals surface area contributed by atoms with E-state index in [-0.39, 0.29) is 23.9 Å². The molecular formula is C58H70N4. The predicted molar refractivity (Wildman–Crippen MR) is 267 cm³/mol. The fraction of sp³-hybridized carbons (Fsp3) is 0.345. The van der Waals surface area contributed by atoms with Gasteiger partial charge in [-0.1, -0.05) is 103 Å². The number of aryl methyl sites for hydroxylation is 6. The predicted octanol–water partition coefficient (Wildman–Crippen LogP) is 12.7. The van der Waals surface area contributed by atoms with Gasteiger partial charge < -0.3 is 20.6 Å². The second-order valence-corrected chi connectivity index (χ2v) is 19.3. The molecular weight excluding hydrogens is 753 g/mol. The average molecular weight is 823 g/mol. The van der Waals surface area contributed by atoms with E-state index in [0.717, 1.165) is 39.9 Å². The Kier molecular flexibility index (Phi) is 12.8. The third-order valence-electron chi connectivity index (χ3n) is 12.7. The van der Waals surface area contributed by atoms with E-state index in [9.17, 15) is 0 Å². The summed E-state index contributed by atoms with van der Waals surface area (Å²) in [6.45, 7) is 33.8. The number of rotatable bonds is 9. The van der Waals surface area contributed by atoms with E-state index >= 15 is 0 Å². The van der Waals surface area contributed by atoms with Crippen molar-refractivity contribution in [2.45, 2.75) is 122 Å². The summed E-state index contributed by atoms with van der Waals surface area (Å²) in [7, 11) is 0. The molecule has 4 N–H and O–H groups in total. The highest BCUT2D eigenvalue weighted by Gasteiger charge is 2.30. The third kappa shape index (κ3) is 8.93. The minimum Gasteiger partial charge on any atom is -0.374 e. The molecule has 62 heavy (non-hydrogen) atoms. The van der Waals surface area contributed by atoms with E-state index in [2.05, 4.69) is 216 Å². The van der Waals surface area contributed by atoms with Gasteiger partial charge in [0.15, 0.2) is 0 Å². The highest BCUT2D eigenvalue weighted by Crippen LogP contribution is 2.39. The van der Waals surface area contributed by atoms with Gasteiger partial charge in [-0.2, -0.15) is 0 Å². The van der Waals surface area contributed by atoms with Gasteiger partial charge in [0.25, 0.3) is 0 Å². The number of H-pyrrole nitrogens is 2. The summed E-state index contributed by atoms with van der Waals surface area (Å²) in [5, 5.41) is 10.5. The zero-order valence-electron chi connectivity index (χ0n) is 40.2. The summed E-state index contributed by atoms with van der Waals surface area (Å²) in [5.41, 5.74) is 26.4. The molecule has 4 heteroatoms. The van der Waals surface area contributed by atoms with E-state index in [4.69, 9.17) is 0 Å². The standard InChI is InChI=1S/C58H70N4/c1-32(2)16-17-35(7)27-43(15)55-44-18-20-48(59-44)57(53-39(11)28-36(8)29-40(53)12)50-24-22-46(61-50)56(52(34(5)6)38(10)26-33(3)4)47-23-25-51(62-47)58(49-21-19-45(55)60-49)54-41(13)30-37(9)31-42(54)14/h16,18-31,34,43,46,49,59-62H,17H2,1-15H3/b35-27-,52-38+,55-45-,56-47+,57-50+,58-51+. The lowest BCUT2D eigenvalue weighted by molar-refractivity contribution is 0.755. The van der Waals surface area contributed by atoms with Crippen LogP contribution in [0.5, 0.6) is 0 Å². The molecule has 4 nitrogen and oxygen atoms in total. The van der Waals surface area contributed by atoms with Crippen LogP contribution in [0.3, 0.4) is 0 Å². The molecule has 2 aromatic carbocycles. The number of allylic oxidation sites excluding steroid dienone is 10. The molecule has 3 unspecified atom stereocenters. The van der Waals surface area contributed by atoms with Crippen molar-refractivity contribution >= 4 is 22.3 Å². The first-order valence-corrected chi connectivity index (χ1v) is 22.8. The minimum atomic E-state index is -0.0652. The maximum Gasteiger partial charge on any atom is 0.0728 e. The monoisotopic (exact) mass is 823 g/mol. The van der Waals surface area contributed by atoms with Crippen molar-refractivity contribution in [3.63, 3.8) is 0 Å². The Morgan fingerprint density at radius 2 is 1.19 bits per heavy atom. The van der Waals surface area contributed by atoms with Gasteiger partial charge in [0.05, 0.1) is 12.1 Å². The van der Waals surface area contributed by atoms with Crippen molar-refractivity contribution in [1.82, 2.24) is 20.6 Å². The molecule has 4 aromatic rings. The quantitative estimate of drug-likeness (QED) is 0.100. The largest absolute Gasteiger partial charge is 0.374 e. The molecule has 0 fully saturated rings. The molecule has 7 rings (SSSR count). The fourth-order valence-electron chi connectivity index (χ4n) is 10.6. The van der Waals surface area contributed by atoms with Crippen molar-refractivity contribution in [3.05, 3.63) is 197 Å². The van der Waals surface area contributed by atoms with Crippen molar-refractivity contribution < 1.29 is 0 Å². The number of aromatic nitrogens is 2. The van der Waals surface area contributed by atoms with Crippen LogP contribution in [0.2, 0.25) is 0 Å². The van der Waals surface area contributed by atoms with Gasteiger partial charge >= 0.3 is 0 Å². The fourth-order valence-corrected chi connectivity index (χ4v) is 10.6. The zero-order valence-corrected chi connectivity index (χ0v) is 40.2. The summed E-state index contributed by atoms with van der Waals surface area (Å²) >= 11 is 0. The lowest BCUT2D eigenvalue weighted by Gasteiger charge is -2.25. The average Bonchev–Trinajstić information content (AvgIpc) is 4.01. The molecule has 8 bridgehead atoms. The summed E-state index contributed by atoms with van der Waals surface area (Å²) in [4.78, 5) is 8.14. The van der Waals surface area contributed by atoms with Crippen LogP contribution in [-0.2, 0) is 0 Å². The molecule has 0 saturated carbocycles. The van der Waals surface area contributed by atoms with Crippen LogP contribution in [0.15, 0.2) is 130 Å². The number of hydrogen-bond acceptors (Lipinski definition) is 2. The lowest BCUT2D eigenvalue weighted by atomic mass is 9.86. The minimum absolute atomic E-state index is 0.0581. The highest BCUT2D eigenvalue weighted by atomic mass is 15.0. The third-order valence-corrected chi connectivity index (χ3v) is 12.7. The van der Waals surface area contributed by atoms with Gasteiger partial charge in [-0.05, 0) is 176 Å². The molecule has 322 valence electrons. The van der Waals surface area contributed by atoms with E-state index in [1.807, 2.05) is 0 Å². The van der Waals surface area contributed by atoms with E-state index in [0.29, 0.717) is 0 Å². The Hall–Kier alpha value is -5.74. The summed E-state index contributed by atoms with van der Waals surface area (Å²) in [5.74, 6) is 0.418. The lowest BCUT2D eigenvalue weighted by Crippen LogP contribution is -2.33. The van der Waals surface area contributed by atoms with Crippen LogP contribution in [0.4, 0.5) is 0 Å². The number of benzene rings is 2. The molecule has 0 saturated heterocycles. The topological polar surface area (TPSA) is 55.6 Å². The Morgan fingerprint density at radius 1 is 0.629 bits per heavy atom. The van der Waals surface area contributed by atoms with Gasteiger partial charge in [-0.25, -0.2) is 0 Å². The Bertz CT molecular complexity index is 2770. The first-order valence-electron chi connectivity index (χ1n) is 22.8. The summed E-state index contributed by atoms with van der Waals surface area (Å²) < 4.78 is 0. The normalized spacial score (nSPS) is 22.4. The molecule has 0 spiro atoms. The van der Waals surface area contributed by atoms with Crippen molar-refractivity contribution in [2.24, 2.45) is 11.8 Å². The molecule has 3 atom stereocenters. The second kappa shape index (κ2) is 17.9. The van der Waals surface area contributed by atoms with Gasteiger partial charge in [0.2, 0.25) is 0 Å². The SMILES string of the molecule is CC(C)=CC/C(C)=C\C(C)/C1=C2\C=CC(N2)/C(c2c(C)cc(C)cc2C)=c2/cc/c([nH]2)=C(\C(=C(/C)C=C(C)C)C(C)C)C2C=C/C(=C(\c3c(C)cc(C)cc3C)c3ccc1[nH]3)N2.